The fourth-order valence-electron chi connectivity index (χ4n) is 3.84. The Morgan fingerprint density at radius 3 is 2.91 bits per heavy atom. The van der Waals surface area contributed by atoms with Gasteiger partial charge in [-0.1, -0.05) is 19.3 Å². The van der Waals surface area contributed by atoms with E-state index >= 15 is 0 Å². The molecule has 0 amide bonds. The SMILES string of the molecule is O=C(CC1c2cc(F)ncc2-c2cncn21)C1CCCCC1. The van der Waals surface area contributed by atoms with Gasteiger partial charge in [-0.2, -0.15) is 4.39 Å². The lowest BCUT2D eigenvalue weighted by molar-refractivity contribution is -0.124. The molecule has 1 unspecified atom stereocenters. The van der Waals surface area contributed by atoms with Crippen LogP contribution in [0.2, 0.25) is 0 Å². The van der Waals surface area contributed by atoms with Gasteiger partial charge in [0.25, 0.3) is 0 Å². The lowest BCUT2D eigenvalue weighted by Gasteiger charge is -2.22. The fourth-order valence-corrected chi connectivity index (χ4v) is 3.84. The molecule has 3 heterocycles. The Bertz CT molecular complexity index is 718. The quantitative estimate of drug-likeness (QED) is 0.815. The van der Waals surface area contributed by atoms with Crippen LogP contribution in [0.3, 0.4) is 0 Å². The number of rotatable bonds is 3. The number of fused-ring (bicyclic) bond motifs is 3. The normalized spacial score (nSPS) is 20.7. The van der Waals surface area contributed by atoms with E-state index in [1.165, 1.54) is 12.5 Å². The van der Waals surface area contributed by atoms with E-state index in [9.17, 15) is 9.18 Å². The summed E-state index contributed by atoms with van der Waals surface area (Å²) in [5.41, 5.74) is 2.67. The number of pyridine rings is 1. The van der Waals surface area contributed by atoms with E-state index in [0.29, 0.717) is 12.2 Å². The highest BCUT2D eigenvalue weighted by Crippen LogP contribution is 2.41. The number of ketones is 1. The van der Waals surface area contributed by atoms with E-state index in [2.05, 4.69) is 9.97 Å². The second kappa shape index (κ2) is 5.30. The van der Waals surface area contributed by atoms with Gasteiger partial charge in [-0.3, -0.25) is 4.79 Å². The Hall–Kier alpha value is -2.04. The third kappa shape index (κ3) is 2.16. The molecule has 5 heteroatoms. The molecule has 0 aromatic carbocycles. The van der Waals surface area contributed by atoms with E-state index in [1.54, 1.807) is 18.7 Å². The Morgan fingerprint density at radius 2 is 2.09 bits per heavy atom. The van der Waals surface area contributed by atoms with Crippen LogP contribution in [-0.4, -0.2) is 20.3 Å². The number of imidazole rings is 1. The van der Waals surface area contributed by atoms with Crippen LogP contribution >= 0.6 is 0 Å². The summed E-state index contributed by atoms with van der Waals surface area (Å²) in [6.45, 7) is 0. The van der Waals surface area contributed by atoms with Gasteiger partial charge < -0.3 is 4.57 Å². The number of carbonyl (C=O) groups is 1. The zero-order valence-electron chi connectivity index (χ0n) is 12.3. The molecule has 1 aliphatic heterocycles. The largest absolute Gasteiger partial charge is 0.322 e. The van der Waals surface area contributed by atoms with Crippen molar-refractivity contribution in [1.29, 1.82) is 0 Å². The summed E-state index contributed by atoms with van der Waals surface area (Å²) in [7, 11) is 0. The Morgan fingerprint density at radius 1 is 1.27 bits per heavy atom. The van der Waals surface area contributed by atoms with Crippen molar-refractivity contribution in [2.45, 2.75) is 44.6 Å². The van der Waals surface area contributed by atoms with Gasteiger partial charge >= 0.3 is 0 Å². The smallest absolute Gasteiger partial charge is 0.213 e. The number of carbonyl (C=O) groups excluding carboxylic acids is 1. The highest BCUT2D eigenvalue weighted by atomic mass is 19.1. The topological polar surface area (TPSA) is 47.8 Å². The van der Waals surface area contributed by atoms with E-state index in [4.69, 9.17) is 0 Å². The number of halogens is 1. The molecule has 4 nitrogen and oxygen atoms in total. The van der Waals surface area contributed by atoms with Crippen LogP contribution in [0, 0.1) is 11.9 Å². The molecule has 2 aromatic heterocycles. The van der Waals surface area contributed by atoms with Crippen molar-refractivity contribution >= 4 is 5.78 Å². The van der Waals surface area contributed by atoms with Gasteiger partial charge in [-0.05, 0) is 24.5 Å². The molecule has 1 atom stereocenters. The third-order valence-corrected chi connectivity index (χ3v) is 4.99. The summed E-state index contributed by atoms with van der Waals surface area (Å²) in [5.74, 6) is -0.0153. The second-order valence-electron chi connectivity index (χ2n) is 6.30. The summed E-state index contributed by atoms with van der Waals surface area (Å²) >= 11 is 0. The molecule has 22 heavy (non-hydrogen) atoms. The molecule has 114 valence electrons. The summed E-state index contributed by atoms with van der Waals surface area (Å²) in [6.07, 6.45) is 11.0. The number of hydrogen-bond donors (Lipinski definition) is 0. The van der Waals surface area contributed by atoms with Gasteiger partial charge in [-0.15, -0.1) is 0 Å². The lowest BCUT2D eigenvalue weighted by atomic mass is 9.83. The monoisotopic (exact) mass is 299 g/mol. The maximum atomic E-state index is 13.5. The number of nitrogens with zero attached hydrogens (tertiary/aromatic N) is 3. The maximum Gasteiger partial charge on any atom is 0.213 e. The van der Waals surface area contributed by atoms with Crippen LogP contribution in [0.5, 0.6) is 0 Å². The molecule has 0 N–H and O–H groups in total. The molecule has 0 bridgehead atoms. The molecular formula is C17H18FN3O. The van der Waals surface area contributed by atoms with Crippen molar-refractivity contribution in [3.05, 3.63) is 36.3 Å². The molecule has 0 radical (unpaired) electrons. The van der Waals surface area contributed by atoms with Crippen molar-refractivity contribution in [2.75, 3.05) is 0 Å². The minimum atomic E-state index is -0.493. The van der Waals surface area contributed by atoms with E-state index in [0.717, 1.165) is 42.5 Å². The first kappa shape index (κ1) is 13.6. The standard InChI is InChI=1S/C17H18FN3O/c18-17-6-12-13(8-20-17)15-9-19-10-21(15)14(12)7-16(22)11-4-2-1-3-5-11/h6,8-11,14H,1-5,7H2. The average Bonchev–Trinajstić information content (AvgIpc) is 3.11. The van der Waals surface area contributed by atoms with E-state index in [1.807, 2.05) is 4.57 Å². The van der Waals surface area contributed by atoms with Crippen molar-refractivity contribution in [1.82, 2.24) is 14.5 Å². The van der Waals surface area contributed by atoms with Gasteiger partial charge in [0.15, 0.2) is 0 Å². The van der Waals surface area contributed by atoms with Crippen LogP contribution in [0.4, 0.5) is 4.39 Å². The van der Waals surface area contributed by atoms with Gasteiger partial charge in [0.05, 0.1) is 24.3 Å². The molecule has 2 aromatic rings. The first-order chi connectivity index (χ1) is 10.7. The fraction of sp³-hybridized carbons (Fsp3) is 0.471. The van der Waals surface area contributed by atoms with Gasteiger partial charge in [0.2, 0.25) is 5.95 Å². The minimum Gasteiger partial charge on any atom is -0.322 e. The summed E-state index contributed by atoms with van der Waals surface area (Å²) in [4.78, 5) is 20.5. The van der Waals surface area contributed by atoms with Crippen molar-refractivity contribution in [3.8, 4) is 11.3 Å². The number of aromatic nitrogens is 3. The van der Waals surface area contributed by atoms with Crippen molar-refractivity contribution in [2.24, 2.45) is 5.92 Å². The maximum absolute atomic E-state index is 13.5. The van der Waals surface area contributed by atoms with E-state index in [-0.39, 0.29) is 12.0 Å². The molecule has 0 saturated heterocycles. The number of hydrogen-bond acceptors (Lipinski definition) is 3. The Balaban J connectivity index is 1.64. The third-order valence-electron chi connectivity index (χ3n) is 4.99. The van der Waals surface area contributed by atoms with Crippen LogP contribution in [0.1, 0.15) is 50.1 Å². The van der Waals surface area contributed by atoms with Crippen molar-refractivity contribution < 1.29 is 9.18 Å². The first-order valence-corrected chi connectivity index (χ1v) is 7.94. The summed E-state index contributed by atoms with van der Waals surface area (Å²) in [6, 6.07) is 1.32. The number of Topliss-reactive ketones (excluding diaryl/α,β-unsaturated/α-hetero) is 1. The van der Waals surface area contributed by atoms with Gasteiger partial charge in [-0.25, -0.2) is 9.97 Å². The molecule has 2 aliphatic rings. The highest BCUT2D eigenvalue weighted by Gasteiger charge is 2.33. The van der Waals surface area contributed by atoms with Gasteiger partial charge in [0.1, 0.15) is 5.78 Å². The molecule has 1 fully saturated rings. The lowest BCUT2D eigenvalue weighted by Crippen LogP contribution is -2.21. The molecule has 1 aliphatic carbocycles. The molecule has 4 rings (SSSR count). The Kier molecular flexibility index (Phi) is 3.28. The summed E-state index contributed by atoms with van der Waals surface area (Å²) in [5, 5.41) is 0. The predicted molar refractivity (Wildman–Crippen MR) is 79.8 cm³/mol. The van der Waals surface area contributed by atoms with E-state index < -0.39 is 5.95 Å². The van der Waals surface area contributed by atoms with Crippen LogP contribution in [0.25, 0.3) is 11.3 Å². The second-order valence-corrected chi connectivity index (χ2v) is 6.30. The van der Waals surface area contributed by atoms with Crippen LogP contribution in [0.15, 0.2) is 24.8 Å². The average molecular weight is 299 g/mol. The Labute approximate surface area is 128 Å². The van der Waals surface area contributed by atoms with Crippen LogP contribution < -0.4 is 0 Å². The molecule has 1 saturated carbocycles. The molecular weight excluding hydrogens is 281 g/mol. The van der Waals surface area contributed by atoms with Crippen LogP contribution in [-0.2, 0) is 4.79 Å². The van der Waals surface area contributed by atoms with Crippen molar-refractivity contribution in [3.63, 3.8) is 0 Å². The molecule has 0 spiro atoms. The predicted octanol–water partition coefficient (Wildman–Crippen LogP) is 3.53. The zero-order chi connectivity index (χ0) is 15.1. The highest BCUT2D eigenvalue weighted by molar-refractivity contribution is 5.83. The summed E-state index contributed by atoms with van der Waals surface area (Å²) < 4.78 is 15.5. The van der Waals surface area contributed by atoms with Gasteiger partial charge in [0, 0.05) is 24.1 Å². The first-order valence-electron chi connectivity index (χ1n) is 7.94. The minimum absolute atomic E-state index is 0.139. The zero-order valence-corrected chi connectivity index (χ0v) is 12.3.